The summed E-state index contributed by atoms with van der Waals surface area (Å²) in [6.45, 7) is 12.4. The molecule has 2 aliphatic heterocycles. The number of ether oxygens (including phenoxy) is 2. The van der Waals surface area contributed by atoms with E-state index in [1.165, 1.54) is 29.3 Å². The Labute approximate surface area is 290 Å². The number of nitrogens with zero attached hydrogens (tertiary/aromatic N) is 6. The van der Waals surface area contributed by atoms with Crippen molar-refractivity contribution in [3.05, 3.63) is 95.2 Å². The van der Waals surface area contributed by atoms with Gasteiger partial charge in [0.2, 0.25) is 5.88 Å². The molecule has 0 radical (unpaired) electrons. The summed E-state index contributed by atoms with van der Waals surface area (Å²) in [7, 11) is -9.53. The van der Waals surface area contributed by atoms with Gasteiger partial charge < -0.3 is 9.47 Å². The predicted molar refractivity (Wildman–Crippen MR) is 183 cm³/mol. The summed E-state index contributed by atoms with van der Waals surface area (Å²) in [6, 6.07) is 14.3. The van der Waals surface area contributed by atoms with E-state index in [0.29, 0.717) is 23.8 Å². The van der Waals surface area contributed by atoms with E-state index in [2.05, 4.69) is 45.1 Å². The molecule has 1 saturated heterocycles. The molecule has 50 heavy (non-hydrogen) atoms. The Balaban J connectivity index is 0.000000204. The van der Waals surface area contributed by atoms with E-state index >= 15 is 0 Å². The van der Waals surface area contributed by atoms with Gasteiger partial charge in [0.25, 0.3) is 20.2 Å². The maximum atomic E-state index is 11.3. The van der Waals surface area contributed by atoms with Crippen molar-refractivity contribution in [1.82, 2.24) is 29.9 Å². The van der Waals surface area contributed by atoms with Crippen LogP contribution in [0.3, 0.4) is 0 Å². The second-order valence-electron chi connectivity index (χ2n) is 12.8. The number of pyridine rings is 2. The monoisotopic (exact) mass is 722 g/mol. The third kappa shape index (κ3) is 7.12. The van der Waals surface area contributed by atoms with Crippen LogP contribution in [0.2, 0.25) is 0 Å². The molecule has 2 N–H and O–H groups in total. The number of hydrogen-bond donors (Lipinski definition) is 2. The number of aromatic nitrogens is 5. The van der Waals surface area contributed by atoms with Crippen molar-refractivity contribution < 1.29 is 35.4 Å². The second kappa shape index (κ2) is 13.8. The molecule has 264 valence electrons. The van der Waals surface area contributed by atoms with Gasteiger partial charge in [-0.05, 0) is 60.9 Å². The molecule has 5 aromatic rings. The number of fused-ring (bicyclic) bond motifs is 2. The van der Waals surface area contributed by atoms with E-state index < -0.39 is 30.0 Å². The van der Waals surface area contributed by atoms with Crippen LogP contribution in [0.25, 0.3) is 16.5 Å². The lowest BCUT2D eigenvalue weighted by atomic mass is 9.81. The lowest BCUT2D eigenvalue weighted by Gasteiger charge is -2.53. The fourth-order valence-corrected chi connectivity index (χ4v) is 8.24. The van der Waals surface area contributed by atoms with Gasteiger partial charge in [0.05, 0.1) is 36.3 Å². The molecule has 16 heteroatoms. The van der Waals surface area contributed by atoms with E-state index in [1.54, 1.807) is 23.0 Å². The van der Waals surface area contributed by atoms with E-state index in [1.807, 2.05) is 32.2 Å². The highest BCUT2D eigenvalue weighted by Gasteiger charge is 2.47. The molecule has 0 spiro atoms. The maximum Gasteiger partial charge on any atom is 0.296 e. The van der Waals surface area contributed by atoms with E-state index in [4.69, 9.17) is 18.6 Å². The van der Waals surface area contributed by atoms with Crippen molar-refractivity contribution in [3.8, 4) is 11.6 Å². The van der Waals surface area contributed by atoms with Crippen molar-refractivity contribution in [2.24, 2.45) is 5.92 Å². The highest BCUT2D eigenvalue weighted by molar-refractivity contribution is 7.89. The molecular formula is C34H38N6O8S2. The Bertz CT molecular complexity index is 2250. The SMILES string of the molecule is Cc1ccc(-n2nnc(C)c2COc2cc3c(cn2)CN(C2(C(C)C)COC2)CC3)cn1.O=S(=O)(O)c1ccc2ccccc2c1S(=O)(=O)O. The molecule has 0 bridgehead atoms. The second-order valence-corrected chi connectivity index (χ2v) is 15.5. The minimum Gasteiger partial charge on any atom is -0.471 e. The first-order valence-electron chi connectivity index (χ1n) is 15.9. The average Bonchev–Trinajstić information content (AvgIpc) is 3.42. The Morgan fingerprint density at radius 2 is 1.70 bits per heavy atom. The van der Waals surface area contributed by atoms with Crippen molar-refractivity contribution in [2.45, 2.75) is 62.6 Å². The third-order valence-corrected chi connectivity index (χ3v) is 11.3. The van der Waals surface area contributed by atoms with Crippen LogP contribution in [-0.2, 0) is 44.5 Å². The quantitative estimate of drug-likeness (QED) is 0.215. The molecule has 7 rings (SSSR count). The van der Waals surface area contributed by atoms with E-state index in [9.17, 15) is 16.8 Å². The molecule has 1 fully saturated rings. The number of hydrogen-bond acceptors (Lipinski definition) is 11. The zero-order valence-electron chi connectivity index (χ0n) is 28.0. The molecule has 0 amide bonds. The fraction of sp³-hybridized carbons (Fsp3) is 0.353. The molecule has 0 atom stereocenters. The molecule has 2 aromatic carbocycles. The smallest absolute Gasteiger partial charge is 0.296 e. The van der Waals surface area contributed by atoms with Gasteiger partial charge in [-0.1, -0.05) is 49.4 Å². The largest absolute Gasteiger partial charge is 0.471 e. The van der Waals surface area contributed by atoms with Crippen LogP contribution >= 0.6 is 0 Å². The molecule has 0 unspecified atom stereocenters. The number of aryl methyl sites for hydroxylation is 2. The lowest BCUT2D eigenvalue weighted by molar-refractivity contribution is -0.168. The minimum atomic E-state index is -4.78. The van der Waals surface area contributed by atoms with Gasteiger partial charge in [0.1, 0.15) is 22.1 Å². The summed E-state index contributed by atoms with van der Waals surface area (Å²) in [6.07, 6.45) is 4.76. The Hall–Kier alpha value is -4.32. The Morgan fingerprint density at radius 1 is 0.940 bits per heavy atom. The first kappa shape index (κ1) is 35.5. The van der Waals surface area contributed by atoms with E-state index in [-0.39, 0.29) is 10.9 Å². The molecule has 3 aromatic heterocycles. The van der Waals surface area contributed by atoms with Gasteiger partial charge in [0.15, 0.2) is 0 Å². The summed E-state index contributed by atoms with van der Waals surface area (Å²) >= 11 is 0. The Morgan fingerprint density at radius 3 is 2.34 bits per heavy atom. The van der Waals surface area contributed by atoms with Crippen LogP contribution in [0.15, 0.2) is 76.8 Å². The van der Waals surface area contributed by atoms with Crippen LogP contribution in [0.5, 0.6) is 5.88 Å². The van der Waals surface area contributed by atoms with Crippen LogP contribution in [0.4, 0.5) is 0 Å². The summed E-state index contributed by atoms with van der Waals surface area (Å²) in [5.74, 6) is 1.20. The van der Waals surface area contributed by atoms with Gasteiger partial charge in [-0.15, -0.1) is 5.10 Å². The standard InChI is InChI=1S/C24H30N6O2.C10H8O6S2/c1-16(2)24(14-31-15-24)29-8-7-19-9-23(26-10-20(19)12-29)32-13-22-18(4)27-28-30(22)21-6-5-17(3)25-11-21;11-17(12,13)9-6-5-7-3-1-2-4-8(7)10(9)18(14,15)16/h5-6,9-11,16H,7-8,12-15H2,1-4H3;1-6H,(H,11,12,13)(H,14,15,16). The fourth-order valence-electron chi connectivity index (χ4n) is 6.24. The van der Waals surface area contributed by atoms with Gasteiger partial charge in [-0.3, -0.25) is 19.0 Å². The van der Waals surface area contributed by atoms with Crippen molar-refractivity contribution in [2.75, 3.05) is 19.8 Å². The topological polar surface area (TPSA) is 187 Å². The average molecular weight is 723 g/mol. The normalized spacial score (nSPS) is 16.0. The molecule has 2 aliphatic rings. The lowest BCUT2D eigenvalue weighted by Crippen LogP contribution is -2.66. The molecular weight excluding hydrogens is 685 g/mol. The van der Waals surface area contributed by atoms with Crippen LogP contribution in [-0.4, -0.2) is 81.1 Å². The molecule has 14 nitrogen and oxygen atoms in total. The third-order valence-electron chi connectivity index (χ3n) is 9.31. The van der Waals surface area contributed by atoms with Crippen LogP contribution < -0.4 is 4.74 Å². The van der Waals surface area contributed by atoms with Crippen LogP contribution in [0, 0.1) is 19.8 Å². The Kier molecular flexibility index (Phi) is 9.78. The van der Waals surface area contributed by atoms with Gasteiger partial charge in [-0.25, -0.2) is 9.67 Å². The van der Waals surface area contributed by atoms with E-state index in [0.717, 1.165) is 61.6 Å². The summed E-state index contributed by atoms with van der Waals surface area (Å²) < 4.78 is 76.4. The summed E-state index contributed by atoms with van der Waals surface area (Å²) in [5, 5.41) is 8.95. The van der Waals surface area contributed by atoms with Crippen LogP contribution in [0.1, 0.15) is 42.1 Å². The van der Waals surface area contributed by atoms with Gasteiger partial charge in [-0.2, -0.15) is 16.8 Å². The van der Waals surface area contributed by atoms with Crippen molar-refractivity contribution >= 4 is 31.0 Å². The first-order valence-corrected chi connectivity index (χ1v) is 18.8. The van der Waals surface area contributed by atoms with Crippen molar-refractivity contribution in [3.63, 3.8) is 0 Å². The summed E-state index contributed by atoms with van der Waals surface area (Å²) in [4.78, 5) is 9.88. The maximum absolute atomic E-state index is 11.3. The zero-order chi connectivity index (χ0) is 35.8. The van der Waals surface area contributed by atoms with Gasteiger partial charge in [0, 0.05) is 36.4 Å². The molecule has 0 saturated carbocycles. The zero-order valence-corrected chi connectivity index (χ0v) is 29.6. The predicted octanol–water partition coefficient (Wildman–Crippen LogP) is 4.37. The molecule has 5 heterocycles. The highest BCUT2D eigenvalue weighted by atomic mass is 32.2. The molecule has 0 aliphatic carbocycles. The first-order chi connectivity index (χ1) is 23.7. The number of rotatable bonds is 8. The minimum absolute atomic E-state index is 0.0233. The summed E-state index contributed by atoms with van der Waals surface area (Å²) in [5.41, 5.74) is 6.32. The number of benzene rings is 2. The highest BCUT2D eigenvalue weighted by Crippen LogP contribution is 2.37. The van der Waals surface area contributed by atoms with Gasteiger partial charge >= 0.3 is 0 Å². The van der Waals surface area contributed by atoms with Crippen molar-refractivity contribution in [1.29, 1.82) is 0 Å².